The summed E-state index contributed by atoms with van der Waals surface area (Å²) in [6, 6.07) is 7.57. The van der Waals surface area contributed by atoms with Gasteiger partial charge in [-0.3, -0.25) is 4.79 Å². The molecule has 6 heteroatoms. The van der Waals surface area contributed by atoms with Crippen molar-refractivity contribution in [2.24, 2.45) is 5.73 Å². The maximum absolute atomic E-state index is 11.7. The van der Waals surface area contributed by atoms with Gasteiger partial charge < -0.3 is 10.7 Å². The van der Waals surface area contributed by atoms with E-state index in [9.17, 15) is 4.79 Å². The monoisotopic (exact) mass is 338 g/mol. The van der Waals surface area contributed by atoms with Crippen LogP contribution in [0.5, 0.6) is 0 Å². The largest absolute Gasteiger partial charge is 0.365 e. The van der Waals surface area contributed by atoms with E-state index >= 15 is 0 Å². The number of H-pyrrole nitrogens is 1. The molecule has 3 N–H and O–H groups in total. The summed E-state index contributed by atoms with van der Waals surface area (Å²) in [5.74, 6) is 5.62. The molecule has 0 fully saturated rings. The first-order valence-corrected chi connectivity index (χ1v) is 7.75. The molecule has 0 aliphatic carbocycles. The standard InChI is InChI=1S/C18H15ClN4O/c1-3-5-14-15(16(20)24)13-9-21-17(23-18(13)22-14)10(2)11-6-4-7-12(19)8-11/h4,6-10H,1-2H3,(H2,20,24)(H,21,22,23)/t10-/m1/s1. The van der Waals surface area contributed by atoms with E-state index in [0.717, 1.165) is 5.56 Å². The SMILES string of the molecule is CC#Cc1[nH]c2nc([C@H](C)c3cccc(Cl)c3)ncc2c1C(N)=O. The number of hydrogen-bond donors (Lipinski definition) is 2. The predicted molar refractivity (Wildman–Crippen MR) is 93.9 cm³/mol. The number of benzene rings is 1. The minimum absolute atomic E-state index is 0.0471. The van der Waals surface area contributed by atoms with Gasteiger partial charge >= 0.3 is 0 Å². The van der Waals surface area contributed by atoms with Gasteiger partial charge in [0.05, 0.1) is 10.9 Å². The quantitative estimate of drug-likeness (QED) is 0.719. The first kappa shape index (κ1) is 16.0. The fourth-order valence-electron chi connectivity index (χ4n) is 2.60. The molecule has 3 rings (SSSR count). The van der Waals surface area contributed by atoms with Crippen LogP contribution in [-0.2, 0) is 0 Å². The third kappa shape index (κ3) is 2.84. The number of carbonyl (C=O) groups is 1. The van der Waals surface area contributed by atoms with E-state index in [-0.39, 0.29) is 5.92 Å². The Morgan fingerprint density at radius 2 is 2.21 bits per heavy atom. The van der Waals surface area contributed by atoms with Crippen LogP contribution in [0.25, 0.3) is 11.0 Å². The molecule has 0 unspecified atom stereocenters. The molecule has 120 valence electrons. The highest BCUT2D eigenvalue weighted by Crippen LogP contribution is 2.26. The van der Waals surface area contributed by atoms with Crippen LogP contribution in [0, 0.1) is 11.8 Å². The second kappa shape index (κ2) is 6.34. The first-order valence-electron chi connectivity index (χ1n) is 7.38. The number of aromatic amines is 1. The Labute approximate surface area is 144 Å². The van der Waals surface area contributed by atoms with Crippen LogP contribution in [0.3, 0.4) is 0 Å². The Morgan fingerprint density at radius 1 is 1.42 bits per heavy atom. The summed E-state index contributed by atoms with van der Waals surface area (Å²) in [4.78, 5) is 23.7. The zero-order chi connectivity index (χ0) is 17.3. The summed E-state index contributed by atoms with van der Waals surface area (Å²) in [5, 5.41) is 1.24. The molecule has 3 aromatic rings. The van der Waals surface area contributed by atoms with Crippen LogP contribution in [0.2, 0.25) is 5.02 Å². The Kier molecular flexibility index (Phi) is 4.24. The first-order chi connectivity index (χ1) is 11.5. The van der Waals surface area contributed by atoms with Gasteiger partial charge in [-0.2, -0.15) is 0 Å². The highest BCUT2D eigenvalue weighted by molar-refractivity contribution is 6.30. The minimum Gasteiger partial charge on any atom is -0.365 e. The molecule has 0 spiro atoms. The Balaban J connectivity index is 2.11. The van der Waals surface area contributed by atoms with E-state index in [1.54, 1.807) is 13.1 Å². The van der Waals surface area contributed by atoms with E-state index < -0.39 is 5.91 Å². The van der Waals surface area contributed by atoms with Crippen LogP contribution >= 0.6 is 11.6 Å². The van der Waals surface area contributed by atoms with E-state index in [1.165, 1.54) is 0 Å². The van der Waals surface area contributed by atoms with Gasteiger partial charge in [0, 0.05) is 17.1 Å². The lowest BCUT2D eigenvalue weighted by molar-refractivity contribution is 0.100. The number of nitrogens with one attached hydrogen (secondary N) is 1. The molecule has 24 heavy (non-hydrogen) atoms. The Morgan fingerprint density at radius 3 is 2.88 bits per heavy atom. The van der Waals surface area contributed by atoms with Crippen molar-refractivity contribution in [1.82, 2.24) is 15.0 Å². The topological polar surface area (TPSA) is 84.7 Å². The van der Waals surface area contributed by atoms with Crippen LogP contribution in [0.4, 0.5) is 0 Å². The van der Waals surface area contributed by atoms with E-state index in [1.807, 2.05) is 31.2 Å². The van der Waals surface area contributed by atoms with Crippen molar-refractivity contribution in [3.63, 3.8) is 0 Å². The van der Waals surface area contributed by atoms with Crippen molar-refractivity contribution in [3.05, 3.63) is 58.1 Å². The minimum atomic E-state index is -0.557. The number of fused-ring (bicyclic) bond motifs is 1. The highest BCUT2D eigenvalue weighted by Gasteiger charge is 2.19. The number of amides is 1. The third-order valence-electron chi connectivity index (χ3n) is 3.80. The zero-order valence-corrected chi connectivity index (χ0v) is 14.0. The second-order valence-corrected chi connectivity index (χ2v) is 5.82. The van der Waals surface area contributed by atoms with Crippen LogP contribution in [0.15, 0.2) is 30.5 Å². The molecular formula is C18H15ClN4O. The number of hydrogen-bond acceptors (Lipinski definition) is 3. The lowest BCUT2D eigenvalue weighted by atomic mass is 10.0. The van der Waals surface area contributed by atoms with Gasteiger partial charge in [-0.1, -0.05) is 36.6 Å². The zero-order valence-electron chi connectivity index (χ0n) is 13.2. The van der Waals surface area contributed by atoms with E-state index in [4.69, 9.17) is 17.3 Å². The number of nitrogens with two attached hydrogens (primary N) is 1. The van der Waals surface area contributed by atoms with Crippen molar-refractivity contribution in [2.45, 2.75) is 19.8 Å². The van der Waals surface area contributed by atoms with Crippen molar-refractivity contribution < 1.29 is 4.79 Å². The van der Waals surface area contributed by atoms with Crippen molar-refractivity contribution in [2.75, 3.05) is 0 Å². The van der Waals surface area contributed by atoms with Gasteiger partial charge in [0.2, 0.25) is 0 Å². The van der Waals surface area contributed by atoms with Crippen LogP contribution in [0.1, 0.15) is 47.2 Å². The summed E-state index contributed by atoms with van der Waals surface area (Å²) in [7, 11) is 0. The van der Waals surface area contributed by atoms with Gasteiger partial charge in [0.25, 0.3) is 5.91 Å². The summed E-state index contributed by atoms with van der Waals surface area (Å²) >= 11 is 6.05. The molecular weight excluding hydrogens is 324 g/mol. The van der Waals surface area contributed by atoms with Crippen molar-refractivity contribution in [3.8, 4) is 11.8 Å². The molecule has 0 bridgehead atoms. The fourth-order valence-corrected chi connectivity index (χ4v) is 2.80. The van der Waals surface area contributed by atoms with E-state index in [0.29, 0.717) is 33.1 Å². The molecule has 0 aliphatic rings. The average molecular weight is 339 g/mol. The third-order valence-corrected chi connectivity index (χ3v) is 4.04. The molecule has 2 heterocycles. The maximum Gasteiger partial charge on any atom is 0.252 e. The van der Waals surface area contributed by atoms with Crippen molar-refractivity contribution in [1.29, 1.82) is 0 Å². The number of nitrogens with zero attached hydrogens (tertiary/aromatic N) is 2. The smallest absolute Gasteiger partial charge is 0.252 e. The Hall–Kier alpha value is -2.84. The molecule has 0 aliphatic heterocycles. The summed E-state index contributed by atoms with van der Waals surface area (Å²) in [6.07, 6.45) is 1.61. The average Bonchev–Trinajstić information content (AvgIpc) is 2.91. The fraction of sp³-hybridized carbons (Fsp3) is 0.167. The van der Waals surface area contributed by atoms with Gasteiger partial charge in [-0.25, -0.2) is 9.97 Å². The van der Waals surface area contributed by atoms with Crippen molar-refractivity contribution >= 4 is 28.5 Å². The number of primary amides is 1. The molecule has 1 amide bonds. The number of rotatable bonds is 3. The van der Waals surface area contributed by atoms with Gasteiger partial charge in [-0.15, -0.1) is 0 Å². The molecule has 5 nitrogen and oxygen atoms in total. The molecule has 0 radical (unpaired) electrons. The second-order valence-electron chi connectivity index (χ2n) is 5.38. The number of aromatic nitrogens is 3. The Bertz CT molecular complexity index is 997. The summed E-state index contributed by atoms with van der Waals surface area (Å²) in [5.41, 5.74) is 7.80. The molecule has 2 aromatic heterocycles. The van der Waals surface area contributed by atoms with Gasteiger partial charge in [0.1, 0.15) is 17.2 Å². The molecule has 1 aromatic carbocycles. The lowest BCUT2D eigenvalue weighted by Gasteiger charge is -2.10. The summed E-state index contributed by atoms with van der Waals surface area (Å²) in [6.45, 7) is 3.69. The number of carbonyl (C=O) groups excluding carboxylic acids is 1. The van der Waals surface area contributed by atoms with Gasteiger partial charge in [-0.05, 0) is 30.5 Å². The highest BCUT2D eigenvalue weighted by atomic mass is 35.5. The van der Waals surface area contributed by atoms with Crippen LogP contribution < -0.4 is 5.73 Å². The molecule has 0 saturated carbocycles. The lowest BCUT2D eigenvalue weighted by Crippen LogP contribution is -2.12. The molecule has 1 atom stereocenters. The molecule has 0 saturated heterocycles. The maximum atomic E-state index is 11.7. The van der Waals surface area contributed by atoms with Gasteiger partial charge in [0.15, 0.2) is 0 Å². The van der Waals surface area contributed by atoms with Crippen LogP contribution in [-0.4, -0.2) is 20.9 Å². The normalized spacial score (nSPS) is 11.8. The summed E-state index contributed by atoms with van der Waals surface area (Å²) < 4.78 is 0. The number of halogens is 1. The predicted octanol–water partition coefficient (Wildman–Crippen LogP) is 3.23. The van der Waals surface area contributed by atoms with E-state index in [2.05, 4.69) is 26.8 Å².